The molecule has 0 atom stereocenters. The molecule has 0 aromatic carbocycles. The Balaban J connectivity index is 2.07. The molecule has 1 aromatic rings. The van der Waals surface area contributed by atoms with E-state index in [1.165, 1.54) is 17.4 Å². The van der Waals surface area contributed by atoms with Crippen molar-refractivity contribution < 1.29 is 22.7 Å². The maximum absolute atomic E-state index is 12.7. The van der Waals surface area contributed by atoms with Gasteiger partial charge in [0.15, 0.2) is 0 Å². The molecule has 3 nitrogen and oxygen atoms in total. The smallest absolute Gasteiger partial charge is 0.381 e. The van der Waals surface area contributed by atoms with Crippen LogP contribution in [0.15, 0.2) is 23.6 Å². The predicted molar refractivity (Wildman–Crippen MR) is 75.0 cm³/mol. The summed E-state index contributed by atoms with van der Waals surface area (Å²) in [7, 11) is 0. The number of rotatable bonds is 4. The van der Waals surface area contributed by atoms with Crippen LogP contribution in [-0.4, -0.2) is 42.8 Å². The second-order valence-corrected chi connectivity index (χ2v) is 5.75. The summed E-state index contributed by atoms with van der Waals surface area (Å²) in [5.74, 6) is -0.604. The Morgan fingerprint density at radius 3 is 2.71 bits per heavy atom. The van der Waals surface area contributed by atoms with Crippen LogP contribution in [0.3, 0.4) is 0 Å². The van der Waals surface area contributed by atoms with Gasteiger partial charge >= 0.3 is 6.18 Å². The zero-order valence-electron chi connectivity index (χ0n) is 11.3. The number of carbonyl (C=O) groups is 1. The van der Waals surface area contributed by atoms with E-state index in [9.17, 15) is 18.0 Å². The van der Waals surface area contributed by atoms with Gasteiger partial charge in [-0.05, 0) is 30.4 Å². The molecule has 1 amide bonds. The van der Waals surface area contributed by atoms with Crippen LogP contribution in [0.4, 0.5) is 13.2 Å². The normalized spacial score (nSPS) is 17.3. The zero-order valence-corrected chi connectivity index (χ0v) is 12.1. The molecule has 1 saturated heterocycles. The number of hydrogen-bond donors (Lipinski definition) is 0. The lowest BCUT2D eigenvalue weighted by atomic mass is 10.1. The Labute approximate surface area is 125 Å². The number of ether oxygens (including phenoxy) is 1. The lowest BCUT2D eigenvalue weighted by Crippen LogP contribution is -2.47. The quantitative estimate of drug-likeness (QED) is 0.797. The molecule has 0 aliphatic carbocycles. The first-order valence-electron chi connectivity index (χ1n) is 6.62. The van der Waals surface area contributed by atoms with Gasteiger partial charge in [0.2, 0.25) is 5.91 Å². The van der Waals surface area contributed by atoms with Gasteiger partial charge in [0.25, 0.3) is 0 Å². The van der Waals surface area contributed by atoms with Gasteiger partial charge in [-0.2, -0.15) is 13.2 Å². The summed E-state index contributed by atoms with van der Waals surface area (Å²) in [6.45, 7) is -0.437. The minimum absolute atomic E-state index is 0.390. The molecule has 0 N–H and O–H groups in total. The molecule has 2 heterocycles. The van der Waals surface area contributed by atoms with E-state index in [1.54, 1.807) is 12.1 Å². The first-order valence-corrected chi connectivity index (χ1v) is 7.50. The topological polar surface area (TPSA) is 29.5 Å². The second kappa shape index (κ2) is 7.09. The van der Waals surface area contributed by atoms with Crippen LogP contribution in [0.5, 0.6) is 0 Å². The fourth-order valence-electron chi connectivity index (χ4n) is 2.21. The summed E-state index contributed by atoms with van der Waals surface area (Å²) < 4.78 is 43.2. The minimum Gasteiger partial charge on any atom is -0.381 e. The Kier molecular flexibility index (Phi) is 5.41. The average molecular weight is 319 g/mol. The van der Waals surface area contributed by atoms with Gasteiger partial charge < -0.3 is 9.64 Å². The molecular formula is C14H16F3NO2S. The largest absolute Gasteiger partial charge is 0.406 e. The summed E-state index contributed by atoms with van der Waals surface area (Å²) in [6, 6.07) is 3.21. The van der Waals surface area contributed by atoms with E-state index in [4.69, 9.17) is 4.74 Å². The summed E-state index contributed by atoms with van der Waals surface area (Å²) in [5, 5.41) is 1.84. The Hall–Kier alpha value is -1.34. The van der Waals surface area contributed by atoms with Crippen LogP contribution in [0.1, 0.15) is 17.7 Å². The van der Waals surface area contributed by atoms with Crippen molar-refractivity contribution in [3.8, 4) is 0 Å². The van der Waals surface area contributed by atoms with Crippen molar-refractivity contribution in [2.24, 2.45) is 0 Å². The third-order valence-corrected chi connectivity index (χ3v) is 4.04. The Morgan fingerprint density at radius 1 is 1.43 bits per heavy atom. The molecule has 0 unspecified atom stereocenters. The number of carbonyl (C=O) groups excluding carboxylic acids is 1. The summed E-state index contributed by atoms with van der Waals surface area (Å²) >= 11 is 1.43. The van der Waals surface area contributed by atoms with E-state index in [2.05, 4.69) is 0 Å². The third kappa shape index (κ3) is 5.17. The van der Waals surface area contributed by atoms with Gasteiger partial charge in [0.1, 0.15) is 6.54 Å². The van der Waals surface area contributed by atoms with E-state index < -0.39 is 24.7 Å². The van der Waals surface area contributed by atoms with Crippen LogP contribution in [0.25, 0.3) is 6.08 Å². The number of amides is 1. The molecule has 0 saturated carbocycles. The Morgan fingerprint density at radius 2 is 2.14 bits per heavy atom. The van der Waals surface area contributed by atoms with E-state index >= 15 is 0 Å². The molecule has 2 rings (SSSR count). The molecule has 116 valence electrons. The molecule has 1 aromatic heterocycles. The molecule has 0 bridgehead atoms. The Bertz CT molecular complexity index is 479. The van der Waals surface area contributed by atoms with Crippen LogP contribution >= 0.6 is 11.3 Å². The maximum atomic E-state index is 12.7. The second-order valence-electron chi connectivity index (χ2n) is 4.77. The van der Waals surface area contributed by atoms with Gasteiger partial charge in [-0.25, -0.2) is 0 Å². The fourth-order valence-corrected chi connectivity index (χ4v) is 2.83. The monoisotopic (exact) mass is 319 g/mol. The first-order chi connectivity index (χ1) is 9.96. The third-order valence-electron chi connectivity index (χ3n) is 3.20. The van der Waals surface area contributed by atoms with Crippen LogP contribution in [0, 0.1) is 0 Å². The zero-order chi connectivity index (χ0) is 15.3. The van der Waals surface area contributed by atoms with Crippen molar-refractivity contribution in [2.75, 3.05) is 19.8 Å². The van der Waals surface area contributed by atoms with Crippen LogP contribution < -0.4 is 0 Å². The number of halogens is 3. The number of alkyl halides is 3. The standard InChI is InChI=1S/C14H16F3NO2S/c15-14(16,17)10-18(11-5-7-20-8-6-11)13(19)4-3-12-2-1-9-21-12/h1-4,9,11H,5-8,10H2/b4-3+. The van der Waals surface area contributed by atoms with Crippen molar-refractivity contribution >= 4 is 23.3 Å². The van der Waals surface area contributed by atoms with Crippen molar-refractivity contribution in [3.05, 3.63) is 28.5 Å². The molecule has 1 aliphatic heterocycles. The maximum Gasteiger partial charge on any atom is 0.406 e. The van der Waals surface area contributed by atoms with Crippen LogP contribution in [-0.2, 0) is 9.53 Å². The molecule has 21 heavy (non-hydrogen) atoms. The van der Waals surface area contributed by atoms with Crippen LogP contribution in [0.2, 0.25) is 0 Å². The van der Waals surface area contributed by atoms with E-state index in [0.717, 1.165) is 9.78 Å². The average Bonchev–Trinajstić information content (AvgIpc) is 2.95. The highest BCUT2D eigenvalue weighted by Gasteiger charge is 2.36. The number of hydrogen-bond acceptors (Lipinski definition) is 3. The van der Waals surface area contributed by atoms with E-state index in [0.29, 0.717) is 26.1 Å². The van der Waals surface area contributed by atoms with Crippen molar-refractivity contribution in [3.63, 3.8) is 0 Å². The van der Waals surface area contributed by atoms with Gasteiger partial charge in [-0.15, -0.1) is 11.3 Å². The van der Waals surface area contributed by atoms with Crippen molar-refractivity contribution in [2.45, 2.75) is 25.1 Å². The lowest BCUT2D eigenvalue weighted by molar-refractivity contribution is -0.165. The SMILES string of the molecule is O=C(/C=C/c1cccs1)N(CC(F)(F)F)C1CCOCC1. The molecule has 7 heteroatoms. The van der Waals surface area contributed by atoms with Crippen molar-refractivity contribution in [1.82, 2.24) is 4.90 Å². The summed E-state index contributed by atoms with van der Waals surface area (Å²) in [5.41, 5.74) is 0. The highest BCUT2D eigenvalue weighted by Crippen LogP contribution is 2.23. The summed E-state index contributed by atoms with van der Waals surface area (Å²) in [4.78, 5) is 13.9. The van der Waals surface area contributed by atoms with Gasteiger partial charge in [-0.3, -0.25) is 4.79 Å². The van der Waals surface area contributed by atoms with Gasteiger partial charge in [0, 0.05) is 30.2 Å². The molecule has 0 spiro atoms. The number of thiophene rings is 1. The molecule has 1 aliphatic rings. The molecular weight excluding hydrogens is 303 g/mol. The highest BCUT2D eigenvalue weighted by atomic mass is 32.1. The number of nitrogens with zero attached hydrogens (tertiary/aromatic N) is 1. The fraction of sp³-hybridized carbons (Fsp3) is 0.500. The minimum atomic E-state index is -4.40. The van der Waals surface area contributed by atoms with Crippen molar-refractivity contribution in [1.29, 1.82) is 0 Å². The van der Waals surface area contributed by atoms with E-state index in [1.807, 2.05) is 11.4 Å². The van der Waals surface area contributed by atoms with Gasteiger partial charge in [0.05, 0.1) is 0 Å². The van der Waals surface area contributed by atoms with E-state index in [-0.39, 0.29) is 0 Å². The molecule has 1 fully saturated rings. The molecule has 0 radical (unpaired) electrons. The summed E-state index contributed by atoms with van der Waals surface area (Å²) in [6.07, 6.45) is -0.753. The van der Waals surface area contributed by atoms with Gasteiger partial charge in [-0.1, -0.05) is 6.07 Å². The lowest BCUT2D eigenvalue weighted by Gasteiger charge is -2.34. The highest BCUT2D eigenvalue weighted by molar-refractivity contribution is 7.10. The predicted octanol–water partition coefficient (Wildman–Crippen LogP) is 3.33. The first kappa shape index (κ1) is 16.0.